The van der Waals surface area contributed by atoms with Crippen LogP contribution in [0.1, 0.15) is 19.8 Å². The number of nitrogens with zero attached hydrogens (tertiary/aromatic N) is 2. The summed E-state index contributed by atoms with van der Waals surface area (Å²) in [5, 5.41) is 22.1. The van der Waals surface area contributed by atoms with Crippen molar-refractivity contribution >= 4 is 33.2 Å². The van der Waals surface area contributed by atoms with Crippen LogP contribution in [0.15, 0.2) is 22.7 Å². The highest BCUT2D eigenvalue weighted by Gasteiger charge is 2.18. The molecule has 0 saturated carbocycles. The van der Waals surface area contributed by atoms with Crippen molar-refractivity contribution in [2.45, 2.75) is 19.8 Å². The minimum atomic E-state index is -0.743. The molecule has 0 spiro atoms. The van der Waals surface area contributed by atoms with Crippen LogP contribution in [0.2, 0.25) is 0 Å². The van der Waals surface area contributed by atoms with Gasteiger partial charge in [0.2, 0.25) is 5.91 Å². The van der Waals surface area contributed by atoms with Crippen LogP contribution in [-0.2, 0) is 4.79 Å². The molecule has 0 aliphatic heterocycles. The maximum atomic E-state index is 11.8. The molecule has 1 amide bonds. The lowest BCUT2D eigenvalue weighted by atomic mass is 10.0. The number of carbonyl (C=O) groups is 1. The number of nitriles is 1. The van der Waals surface area contributed by atoms with Gasteiger partial charge in [-0.3, -0.25) is 14.9 Å². The van der Waals surface area contributed by atoms with E-state index in [1.54, 1.807) is 0 Å². The lowest BCUT2D eigenvalue weighted by Crippen LogP contribution is -2.21. The van der Waals surface area contributed by atoms with Gasteiger partial charge >= 0.3 is 0 Å². The van der Waals surface area contributed by atoms with Gasteiger partial charge < -0.3 is 5.32 Å². The summed E-state index contributed by atoms with van der Waals surface area (Å²) in [6.07, 6.45) is 1.17. The van der Waals surface area contributed by atoms with Crippen molar-refractivity contribution < 1.29 is 9.72 Å². The number of nitrogens with one attached hydrogen (secondary N) is 1. The summed E-state index contributed by atoms with van der Waals surface area (Å²) < 4.78 is 0.334. The van der Waals surface area contributed by atoms with Crippen LogP contribution >= 0.6 is 15.9 Å². The molecule has 0 aliphatic rings. The third kappa shape index (κ3) is 4.03. The number of anilines is 1. The minimum Gasteiger partial charge on any atom is -0.325 e. The fourth-order valence-electron chi connectivity index (χ4n) is 1.50. The summed E-state index contributed by atoms with van der Waals surface area (Å²) in [5.41, 5.74) is 0.165. The van der Waals surface area contributed by atoms with E-state index in [2.05, 4.69) is 21.2 Å². The predicted octanol–water partition coefficient (Wildman–Crippen LogP) is 3.24. The third-order valence-electron chi connectivity index (χ3n) is 2.46. The van der Waals surface area contributed by atoms with Crippen LogP contribution in [0.5, 0.6) is 0 Å². The van der Waals surface area contributed by atoms with Crippen LogP contribution in [0.4, 0.5) is 11.4 Å². The summed E-state index contributed by atoms with van der Waals surface area (Å²) in [5.74, 6) is -1.19. The van der Waals surface area contributed by atoms with E-state index in [1.807, 2.05) is 13.0 Å². The monoisotopic (exact) mass is 325 g/mol. The second kappa shape index (κ2) is 6.85. The predicted molar refractivity (Wildman–Crippen MR) is 73.4 cm³/mol. The van der Waals surface area contributed by atoms with Crippen LogP contribution in [0, 0.1) is 27.4 Å². The fraction of sp³-hybridized carbons (Fsp3) is 0.333. The standard InChI is InChI=1S/C12H12BrN3O3/c1-2-3-8(7-14)12(17)15-9-4-5-10(13)11(6-9)16(18)19/h4-6,8H,2-3H2,1H3,(H,15,17). The van der Waals surface area contributed by atoms with E-state index in [4.69, 9.17) is 5.26 Å². The number of nitro benzene ring substituents is 1. The lowest BCUT2D eigenvalue weighted by molar-refractivity contribution is -0.385. The van der Waals surface area contributed by atoms with Crippen molar-refractivity contribution in [2.24, 2.45) is 5.92 Å². The summed E-state index contributed by atoms with van der Waals surface area (Å²) in [4.78, 5) is 22.0. The molecule has 1 unspecified atom stereocenters. The molecule has 0 saturated heterocycles. The van der Waals surface area contributed by atoms with E-state index in [1.165, 1.54) is 18.2 Å². The molecule has 19 heavy (non-hydrogen) atoms. The molecular weight excluding hydrogens is 314 g/mol. The van der Waals surface area contributed by atoms with Gasteiger partial charge in [-0.2, -0.15) is 5.26 Å². The van der Waals surface area contributed by atoms with Crippen LogP contribution < -0.4 is 5.32 Å². The molecular formula is C12H12BrN3O3. The first-order chi connectivity index (χ1) is 8.99. The van der Waals surface area contributed by atoms with Crippen molar-refractivity contribution in [3.63, 3.8) is 0 Å². The van der Waals surface area contributed by atoms with Crippen LogP contribution in [0.25, 0.3) is 0 Å². The number of carbonyl (C=O) groups excluding carboxylic acids is 1. The number of hydrogen-bond donors (Lipinski definition) is 1. The Morgan fingerprint density at radius 3 is 2.84 bits per heavy atom. The molecule has 100 valence electrons. The Bertz CT molecular complexity index is 540. The SMILES string of the molecule is CCCC(C#N)C(=O)Nc1ccc(Br)c([N+](=O)[O-])c1. The van der Waals surface area contributed by atoms with Crippen molar-refractivity contribution in [1.29, 1.82) is 5.26 Å². The number of benzene rings is 1. The number of amides is 1. The zero-order chi connectivity index (χ0) is 14.4. The second-order valence-corrected chi connectivity index (χ2v) is 4.74. The maximum absolute atomic E-state index is 11.8. The first-order valence-electron chi connectivity index (χ1n) is 5.64. The van der Waals surface area contributed by atoms with Gasteiger partial charge in [-0.15, -0.1) is 0 Å². The van der Waals surface area contributed by atoms with E-state index in [0.29, 0.717) is 23.0 Å². The Morgan fingerprint density at radius 2 is 2.32 bits per heavy atom. The van der Waals surface area contributed by atoms with Crippen molar-refractivity contribution in [2.75, 3.05) is 5.32 Å². The molecule has 7 heteroatoms. The molecule has 0 fully saturated rings. The molecule has 0 aromatic heterocycles. The Balaban J connectivity index is 2.89. The molecule has 0 bridgehead atoms. The summed E-state index contributed by atoms with van der Waals surface area (Å²) in [6, 6.07) is 6.19. The largest absolute Gasteiger partial charge is 0.325 e. The Morgan fingerprint density at radius 1 is 1.63 bits per heavy atom. The van der Waals surface area contributed by atoms with E-state index >= 15 is 0 Å². The summed E-state index contributed by atoms with van der Waals surface area (Å²) in [7, 11) is 0. The second-order valence-electron chi connectivity index (χ2n) is 3.88. The minimum absolute atomic E-state index is 0.137. The van der Waals surface area contributed by atoms with Crippen molar-refractivity contribution in [3.05, 3.63) is 32.8 Å². The maximum Gasteiger partial charge on any atom is 0.285 e. The number of hydrogen-bond acceptors (Lipinski definition) is 4. The first-order valence-corrected chi connectivity index (χ1v) is 6.43. The van der Waals surface area contributed by atoms with E-state index in [9.17, 15) is 14.9 Å². The van der Waals surface area contributed by atoms with Gasteiger partial charge in [0.1, 0.15) is 5.92 Å². The molecule has 0 radical (unpaired) electrons. The molecule has 1 atom stereocenters. The zero-order valence-electron chi connectivity index (χ0n) is 10.2. The van der Waals surface area contributed by atoms with Gasteiger partial charge in [0.05, 0.1) is 15.5 Å². The molecule has 1 aromatic rings. The number of rotatable bonds is 5. The van der Waals surface area contributed by atoms with E-state index in [0.717, 1.165) is 0 Å². The Hall–Kier alpha value is -1.94. The van der Waals surface area contributed by atoms with Gasteiger partial charge in [0.15, 0.2) is 0 Å². The van der Waals surface area contributed by atoms with Crippen LogP contribution in [0.3, 0.4) is 0 Å². The average molecular weight is 326 g/mol. The van der Waals surface area contributed by atoms with Crippen LogP contribution in [-0.4, -0.2) is 10.8 Å². The number of halogens is 1. The Kier molecular flexibility index (Phi) is 5.45. The molecule has 1 N–H and O–H groups in total. The Labute approximate surface area is 118 Å². The highest BCUT2D eigenvalue weighted by atomic mass is 79.9. The molecule has 6 nitrogen and oxygen atoms in total. The molecule has 0 aliphatic carbocycles. The number of nitro groups is 1. The van der Waals surface area contributed by atoms with Gasteiger partial charge in [-0.05, 0) is 34.5 Å². The van der Waals surface area contributed by atoms with E-state index in [-0.39, 0.29) is 5.69 Å². The first kappa shape index (κ1) is 15.1. The van der Waals surface area contributed by atoms with Gasteiger partial charge in [0, 0.05) is 11.8 Å². The summed E-state index contributed by atoms with van der Waals surface area (Å²) >= 11 is 3.06. The normalized spacial score (nSPS) is 11.4. The molecule has 1 aromatic carbocycles. The summed E-state index contributed by atoms with van der Waals surface area (Å²) in [6.45, 7) is 1.88. The van der Waals surface area contributed by atoms with Gasteiger partial charge in [-0.25, -0.2) is 0 Å². The molecule has 0 heterocycles. The van der Waals surface area contributed by atoms with Gasteiger partial charge in [0.25, 0.3) is 5.69 Å². The zero-order valence-corrected chi connectivity index (χ0v) is 11.8. The van der Waals surface area contributed by atoms with Gasteiger partial charge in [-0.1, -0.05) is 13.3 Å². The van der Waals surface area contributed by atoms with E-state index < -0.39 is 16.7 Å². The molecule has 1 rings (SSSR count). The lowest BCUT2D eigenvalue weighted by Gasteiger charge is -2.09. The smallest absolute Gasteiger partial charge is 0.285 e. The highest BCUT2D eigenvalue weighted by Crippen LogP contribution is 2.28. The third-order valence-corrected chi connectivity index (χ3v) is 3.13. The fourth-order valence-corrected chi connectivity index (χ4v) is 1.89. The quantitative estimate of drug-likeness (QED) is 0.663. The average Bonchev–Trinajstić information content (AvgIpc) is 2.37. The highest BCUT2D eigenvalue weighted by molar-refractivity contribution is 9.10. The van der Waals surface area contributed by atoms with Crippen molar-refractivity contribution in [3.8, 4) is 6.07 Å². The van der Waals surface area contributed by atoms with Crippen molar-refractivity contribution in [1.82, 2.24) is 0 Å². The topological polar surface area (TPSA) is 96.0 Å².